The maximum atomic E-state index is 12.0. The van der Waals surface area contributed by atoms with Crippen LogP contribution in [0.15, 0.2) is 0 Å². The van der Waals surface area contributed by atoms with Crippen molar-refractivity contribution in [3.05, 3.63) is 0 Å². The van der Waals surface area contributed by atoms with Crippen molar-refractivity contribution in [2.75, 3.05) is 19.6 Å². The van der Waals surface area contributed by atoms with Crippen molar-refractivity contribution in [2.45, 2.75) is 58.8 Å². The van der Waals surface area contributed by atoms with E-state index in [-0.39, 0.29) is 13.1 Å². The maximum absolute atomic E-state index is 12.0. The van der Waals surface area contributed by atoms with Gasteiger partial charge in [0.2, 0.25) is 6.04 Å². The lowest BCUT2D eigenvalue weighted by Crippen LogP contribution is -2.50. The summed E-state index contributed by atoms with van der Waals surface area (Å²) in [5, 5.41) is 20.5. The summed E-state index contributed by atoms with van der Waals surface area (Å²) < 4.78 is 10.1. The molecule has 0 rings (SSSR count). The highest BCUT2D eigenvalue weighted by Crippen LogP contribution is 2.10. The molecule has 10 nitrogen and oxygen atoms in total. The standard InChI is InChI=1S/C16H28N2O8/c1-15(2,3)25-13(23)11(12(21)22)17-7-8-18(9-10(19)20)14(24)26-16(4,5)6/h11,17H,7-9H2,1-6H3,(H,19,20)(H,21,22). The number of amides is 1. The molecule has 0 aliphatic carbocycles. The summed E-state index contributed by atoms with van der Waals surface area (Å²) in [5.41, 5.74) is -1.68. The van der Waals surface area contributed by atoms with Gasteiger partial charge in [0.15, 0.2) is 0 Å². The highest BCUT2D eigenvalue weighted by molar-refractivity contribution is 5.98. The van der Waals surface area contributed by atoms with Gasteiger partial charge < -0.3 is 19.7 Å². The molecule has 0 saturated carbocycles. The molecule has 26 heavy (non-hydrogen) atoms. The third-order valence-corrected chi connectivity index (χ3v) is 2.60. The molecule has 0 fully saturated rings. The highest BCUT2D eigenvalue weighted by atomic mass is 16.6. The van der Waals surface area contributed by atoms with Gasteiger partial charge >= 0.3 is 24.0 Å². The lowest BCUT2D eigenvalue weighted by molar-refractivity contribution is -0.163. The third kappa shape index (κ3) is 10.5. The largest absolute Gasteiger partial charge is 0.480 e. The van der Waals surface area contributed by atoms with Crippen LogP contribution < -0.4 is 5.32 Å². The number of carboxylic acid groups (broad SMARTS) is 2. The van der Waals surface area contributed by atoms with Crippen LogP contribution in [0.4, 0.5) is 4.79 Å². The molecule has 0 aromatic rings. The molecule has 0 aromatic heterocycles. The summed E-state index contributed by atoms with van der Waals surface area (Å²) in [7, 11) is 0. The topological polar surface area (TPSA) is 142 Å². The summed E-state index contributed by atoms with van der Waals surface area (Å²) in [6, 6.07) is -1.64. The van der Waals surface area contributed by atoms with Crippen LogP contribution in [0.1, 0.15) is 41.5 Å². The predicted molar refractivity (Wildman–Crippen MR) is 90.7 cm³/mol. The number of carbonyl (C=O) groups is 4. The first-order valence-electron chi connectivity index (χ1n) is 8.01. The van der Waals surface area contributed by atoms with Gasteiger partial charge in [-0.1, -0.05) is 0 Å². The van der Waals surface area contributed by atoms with E-state index in [9.17, 15) is 19.2 Å². The summed E-state index contributed by atoms with van der Waals surface area (Å²) in [6.07, 6.45) is -0.856. The van der Waals surface area contributed by atoms with Crippen molar-refractivity contribution in [3.63, 3.8) is 0 Å². The molecule has 0 bridgehead atoms. The molecule has 0 aromatic carbocycles. The molecule has 3 N–H and O–H groups in total. The second-order valence-electron chi connectivity index (χ2n) is 7.55. The summed E-state index contributed by atoms with van der Waals surface area (Å²) >= 11 is 0. The molecule has 0 heterocycles. The van der Waals surface area contributed by atoms with Crippen molar-refractivity contribution in [1.29, 1.82) is 0 Å². The van der Waals surface area contributed by atoms with E-state index in [2.05, 4.69) is 5.32 Å². The number of aliphatic carboxylic acids is 2. The first-order valence-corrected chi connectivity index (χ1v) is 8.01. The van der Waals surface area contributed by atoms with Crippen molar-refractivity contribution in [3.8, 4) is 0 Å². The molecule has 0 saturated heterocycles. The molecule has 150 valence electrons. The summed E-state index contributed by atoms with van der Waals surface area (Å²) in [4.78, 5) is 47.0. The van der Waals surface area contributed by atoms with Crippen LogP contribution in [-0.4, -0.2) is 76.0 Å². The third-order valence-electron chi connectivity index (χ3n) is 2.60. The number of nitrogens with one attached hydrogen (secondary N) is 1. The monoisotopic (exact) mass is 376 g/mol. The van der Waals surface area contributed by atoms with Crippen molar-refractivity contribution in [1.82, 2.24) is 10.2 Å². The second kappa shape index (κ2) is 9.37. The van der Waals surface area contributed by atoms with Gasteiger partial charge in [0.1, 0.15) is 17.7 Å². The van der Waals surface area contributed by atoms with Gasteiger partial charge in [-0.3, -0.25) is 15.0 Å². The fraction of sp³-hybridized carbons (Fsp3) is 0.750. The predicted octanol–water partition coefficient (Wildman–Crippen LogP) is 0.693. The molecular weight excluding hydrogens is 348 g/mol. The molecule has 1 atom stereocenters. The summed E-state index contributed by atoms with van der Waals surface area (Å²) in [6.45, 7) is 8.74. The van der Waals surface area contributed by atoms with E-state index in [1.54, 1.807) is 41.5 Å². The number of nitrogens with zero attached hydrogens (tertiary/aromatic N) is 1. The van der Waals surface area contributed by atoms with Crippen LogP contribution in [0, 0.1) is 0 Å². The Morgan fingerprint density at radius 2 is 1.46 bits per heavy atom. The zero-order valence-electron chi connectivity index (χ0n) is 16.0. The Morgan fingerprint density at radius 3 is 1.85 bits per heavy atom. The van der Waals surface area contributed by atoms with Gasteiger partial charge in [0.05, 0.1) is 0 Å². The lowest BCUT2D eigenvalue weighted by atomic mass is 10.2. The molecule has 0 aliphatic heterocycles. The van der Waals surface area contributed by atoms with E-state index < -0.39 is 47.8 Å². The number of rotatable bonds is 8. The van der Waals surface area contributed by atoms with E-state index in [1.165, 1.54) is 0 Å². The van der Waals surface area contributed by atoms with Gasteiger partial charge in [-0.2, -0.15) is 0 Å². The molecule has 0 spiro atoms. The van der Waals surface area contributed by atoms with E-state index in [4.69, 9.17) is 19.7 Å². The summed E-state index contributed by atoms with van der Waals surface area (Å²) in [5.74, 6) is -3.67. The first kappa shape index (κ1) is 23.6. The van der Waals surface area contributed by atoms with Crippen LogP contribution >= 0.6 is 0 Å². The maximum Gasteiger partial charge on any atom is 0.410 e. The van der Waals surface area contributed by atoms with Crippen LogP contribution in [0.3, 0.4) is 0 Å². The average molecular weight is 376 g/mol. The fourth-order valence-corrected chi connectivity index (χ4v) is 1.70. The van der Waals surface area contributed by atoms with E-state index in [0.717, 1.165) is 4.90 Å². The van der Waals surface area contributed by atoms with Crippen LogP contribution in [0.2, 0.25) is 0 Å². The number of esters is 1. The van der Waals surface area contributed by atoms with Crippen molar-refractivity contribution >= 4 is 24.0 Å². The Bertz CT molecular complexity index is 533. The average Bonchev–Trinajstić information content (AvgIpc) is 2.36. The minimum atomic E-state index is -1.64. The normalized spacial score (nSPS) is 12.8. The Labute approximate surface area is 152 Å². The minimum Gasteiger partial charge on any atom is -0.480 e. The van der Waals surface area contributed by atoms with E-state index in [1.807, 2.05) is 0 Å². The number of carbonyl (C=O) groups excluding carboxylic acids is 2. The number of carboxylic acids is 2. The number of ether oxygens (including phenoxy) is 2. The second-order valence-corrected chi connectivity index (χ2v) is 7.55. The highest BCUT2D eigenvalue weighted by Gasteiger charge is 2.31. The Balaban J connectivity index is 4.88. The van der Waals surface area contributed by atoms with Crippen LogP contribution in [0.5, 0.6) is 0 Å². The van der Waals surface area contributed by atoms with Crippen molar-refractivity contribution in [2.24, 2.45) is 0 Å². The molecule has 1 unspecified atom stereocenters. The van der Waals surface area contributed by atoms with E-state index >= 15 is 0 Å². The molecular formula is C16H28N2O8. The van der Waals surface area contributed by atoms with Gasteiger partial charge in [-0.25, -0.2) is 14.4 Å². The number of hydrogen-bond donors (Lipinski definition) is 3. The first-order chi connectivity index (χ1) is 11.6. The van der Waals surface area contributed by atoms with Crippen molar-refractivity contribution < 1.29 is 38.9 Å². The number of hydrogen-bond acceptors (Lipinski definition) is 7. The fourth-order valence-electron chi connectivity index (χ4n) is 1.70. The SMILES string of the molecule is CC(C)(C)OC(=O)C(NCCN(CC(=O)O)C(=O)OC(C)(C)C)C(=O)O. The quantitative estimate of drug-likeness (QED) is 0.412. The van der Waals surface area contributed by atoms with Gasteiger partial charge in [0.25, 0.3) is 0 Å². The minimum absolute atomic E-state index is 0.150. The smallest absolute Gasteiger partial charge is 0.410 e. The van der Waals surface area contributed by atoms with Gasteiger partial charge in [-0.15, -0.1) is 0 Å². The Kier molecular flexibility index (Phi) is 8.52. The molecule has 0 aliphatic rings. The molecule has 10 heteroatoms. The molecule has 1 amide bonds. The van der Waals surface area contributed by atoms with Gasteiger partial charge in [-0.05, 0) is 41.5 Å². The van der Waals surface area contributed by atoms with Gasteiger partial charge in [0, 0.05) is 13.1 Å². The Hall–Kier alpha value is -2.36. The zero-order chi connectivity index (χ0) is 20.7. The van der Waals surface area contributed by atoms with E-state index in [0.29, 0.717) is 0 Å². The lowest BCUT2D eigenvalue weighted by Gasteiger charge is -2.27. The molecule has 0 radical (unpaired) electrons. The van der Waals surface area contributed by atoms with Crippen LogP contribution in [0.25, 0.3) is 0 Å². The Morgan fingerprint density at radius 1 is 0.962 bits per heavy atom. The van der Waals surface area contributed by atoms with Crippen LogP contribution in [-0.2, 0) is 23.9 Å². The zero-order valence-corrected chi connectivity index (χ0v) is 16.0.